The van der Waals surface area contributed by atoms with Crippen LogP contribution in [0, 0.1) is 17.6 Å². The van der Waals surface area contributed by atoms with E-state index in [0.29, 0.717) is 13.0 Å². The number of hydrogen-bond donors (Lipinski definition) is 1. The summed E-state index contributed by atoms with van der Waals surface area (Å²) in [4.78, 5) is 0. The average molecular weight is 422 g/mol. The van der Waals surface area contributed by atoms with Crippen LogP contribution < -0.4 is 9.46 Å². The second-order valence-electron chi connectivity index (χ2n) is 6.27. The highest BCUT2D eigenvalue weighted by molar-refractivity contribution is 7.88. The minimum atomic E-state index is -3.40. The van der Waals surface area contributed by atoms with Crippen LogP contribution in [0.3, 0.4) is 0 Å². The first-order valence-electron chi connectivity index (χ1n) is 8.10. The molecule has 1 N–H and O–H groups in total. The fraction of sp³-hybridized carbons (Fsp3) is 0.438. The molecule has 1 aromatic heterocycles. The Morgan fingerprint density at radius 3 is 2.85 bits per heavy atom. The Balaban J connectivity index is 1.72. The van der Waals surface area contributed by atoms with Gasteiger partial charge in [-0.3, -0.25) is 0 Å². The highest BCUT2D eigenvalue weighted by Gasteiger charge is 2.29. The molecule has 0 unspecified atom stereocenters. The molecule has 11 heteroatoms. The lowest BCUT2D eigenvalue weighted by molar-refractivity contribution is 0.0180. The summed E-state index contributed by atoms with van der Waals surface area (Å²) in [6.45, 7) is 0.630. The van der Waals surface area contributed by atoms with Crippen LogP contribution in [0.15, 0.2) is 24.5 Å². The third-order valence-corrected chi connectivity index (χ3v) is 5.02. The zero-order chi connectivity index (χ0) is 19.6. The summed E-state index contributed by atoms with van der Waals surface area (Å²) < 4.78 is 66.0. The lowest BCUT2D eigenvalue weighted by atomic mass is 9.98. The molecule has 0 radical (unpaired) electrons. The molecular weight excluding hydrogens is 404 g/mol. The van der Waals surface area contributed by atoms with Gasteiger partial charge in [-0.05, 0) is 6.42 Å². The molecule has 27 heavy (non-hydrogen) atoms. The van der Waals surface area contributed by atoms with E-state index >= 15 is 0 Å². The molecule has 0 bridgehead atoms. The van der Waals surface area contributed by atoms with Gasteiger partial charge in [-0.1, -0.05) is 11.6 Å². The zero-order valence-electron chi connectivity index (χ0n) is 14.4. The van der Waals surface area contributed by atoms with Gasteiger partial charge >= 0.3 is 0 Å². The third kappa shape index (κ3) is 5.16. The van der Waals surface area contributed by atoms with Crippen LogP contribution in [0.4, 0.5) is 8.78 Å². The maximum atomic E-state index is 14.3. The van der Waals surface area contributed by atoms with Gasteiger partial charge in [0, 0.05) is 36.9 Å². The lowest BCUT2D eigenvalue weighted by Crippen LogP contribution is -2.47. The Kier molecular flexibility index (Phi) is 5.99. The van der Waals surface area contributed by atoms with Gasteiger partial charge in [-0.25, -0.2) is 26.6 Å². The lowest BCUT2D eigenvalue weighted by Gasteiger charge is -2.31. The predicted molar refractivity (Wildman–Crippen MR) is 94.7 cm³/mol. The molecular formula is C16H18ClF2N3O4S. The molecule has 2 heterocycles. The summed E-state index contributed by atoms with van der Waals surface area (Å²) in [5, 5.41) is 4.13. The maximum Gasteiger partial charge on any atom is 0.208 e. The van der Waals surface area contributed by atoms with Gasteiger partial charge in [0.15, 0.2) is 17.4 Å². The molecule has 1 aliphatic heterocycles. The summed E-state index contributed by atoms with van der Waals surface area (Å²) in [5.41, 5.74) is -0.107. The third-order valence-electron chi connectivity index (χ3n) is 4.09. The first kappa shape index (κ1) is 20.0. The summed E-state index contributed by atoms with van der Waals surface area (Å²) in [6, 6.07) is 1.48. The number of halogens is 3. The van der Waals surface area contributed by atoms with Crippen molar-refractivity contribution in [3.63, 3.8) is 0 Å². The molecule has 0 spiro atoms. The van der Waals surface area contributed by atoms with E-state index < -0.39 is 27.7 Å². The van der Waals surface area contributed by atoms with Crippen molar-refractivity contribution in [2.24, 2.45) is 5.92 Å². The van der Waals surface area contributed by atoms with Gasteiger partial charge in [0.05, 0.1) is 30.7 Å². The first-order valence-corrected chi connectivity index (χ1v) is 10.4. The van der Waals surface area contributed by atoms with Crippen LogP contribution >= 0.6 is 11.6 Å². The van der Waals surface area contributed by atoms with Crippen LogP contribution in [0.2, 0.25) is 5.02 Å². The van der Waals surface area contributed by atoms with Crippen LogP contribution in [0.1, 0.15) is 6.42 Å². The Morgan fingerprint density at radius 2 is 2.19 bits per heavy atom. The standard InChI is InChI=1S/C16H18ClF2N3O4S/c1-27(23,24)21-14-2-3-25-8-10(14)9-26-16-5-12(18)15(4-13(16)19)22-7-11(17)6-20-22/h4-7,10,14,21H,2-3,8-9H2,1H3/t10-,14+/m1/s1. The van der Waals surface area contributed by atoms with E-state index in [1.165, 1.54) is 12.4 Å². The molecule has 1 aliphatic rings. The number of benzene rings is 1. The minimum absolute atomic E-state index is 0.0313. The molecule has 0 saturated carbocycles. The Labute approximate surface area is 160 Å². The van der Waals surface area contributed by atoms with Crippen LogP contribution in [0.25, 0.3) is 5.69 Å². The van der Waals surface area contributed by atoms with Crippen molar-refractivity contribution in [3.05, 3.63) is 41.2 Å². The van der Waals surface area contributed by atoms with Gasteiger partial charge in [0.1, 0.15) is 5.69 Å². The largest absolute Gasteiger partial charge is 0.490 e. The quantitative estimate of drug-likeness (QED) is 0.772. The molecule has 2 atom stereocenters. The molecule has 7 nitrogen and oxygen atoms in total. The number of rotatable bonds is 6. The van der Waals surface area contributed by atoms with Crippen molar-refractivity contribution in [2.75, 3.05) is 26.1 Å². The Hall–Kier alpha value is -1.75. The number of sulfonamides is 1. The van der Waals surface area contributed by atoms with E-state index in [2.05, 4.69) is 9.82 Å². The molecule has 2 aromatic rings. The smallest absolute Gasteiger partial charge is 0.208 e. The van der Waals surface area contributed by atoms with Gasteiger partial charge < -0.3 is 9.47 Å². The van der Waals surface area contributed by atoms with E-state index in [9.17, 15) is 17.2 Å². The normalized spacial score (nSPS) is 20.6. The van der Waals surface area contributed by atoms with Crippen molar-refractivity contribution >= 4 is 21.6 Å². The van der Waals surface area contributed by atoms with Crippen molar-refractivity contribution < 1.29 is 26.7 Å². The molecule has 1 fully saturated rings. The highest BCUT2D eigenvalue weighted by Crippen LogP contribution is 2.26. The fourth-order valence-corrected chi connectivity index (χ4v) is 3.82. The van der Waals surface area contributed by atoms with Gasteiger partial charge in [0.2, 0.25) is 10.0 Å². The first-order chi connectivity index (χ1) is 12.7. The number of nitrogens with zero attached hydrogens (tertiary/aromatic N) is 2. The van der Waals surface area contributed by atoms with Crippen LogP contribution in [-0.4, -0.2) is 50.3 Å². The van der Waals surface area contributed by atoms with Crippen molar-refractivity contribution in [1.29, 1.82) is 0 Å². The number of ether oxygens (including phenoxy) is 2. The average Bonchev–Trinajstić information content (AvgIpc) is 3.01. The number of nitrogens with one attached hydrogen (secondary N) is 1. The molecule has 1 saturated heterocycles. The van der Waals surface area contributed by atoms with Crippen molar-refractivity contribution in [2.45, 2.75) is 12.5 Å². The fourth-order valence-electron chi connectivity index (χ4n) is 2.82. The summed E-state index contributed by atoms with van der Waals surface area (Å²) in [6.07, 6.45) is 4.19. The summed E-state index contributed by atoms with van der Waals surface area (Å²) in [5.74, 6) is -2.13. The van der Waals surface area contributed by atoms with Gasteiger partial charge in [0.25, 0.3) is 0 Å². The second kappa shape index (κ2) is 8.09. The highest BCUT2D eigenvalue weighted by atomic mass is 35.5. The zero-order valence-corrected chi connectivity index (χ0v) is 15.9. The number of hydrogen-bond acceptors (Lipinski definition) is 5. The molecule has 0 amide bonds. The van der Waals surface area contributed by atoms with E-state index in [0.717, 1.165) is 23.1 Å². The van der Waals surface area contributed by atoms with Gasteiger partial charge in [-0.15, -0.1) is 0 Å². The predicted octanol–water partition coefficient (Wildman–Crippen LogP) is 2.14. The van der Waals surface area contributed by atoms with Crippen LogP contribution in [0.5, 0.6) is 5.75 Å². The van der Waals surface area contributed by atoms with E-state index in [4.69, 9.17) is 21.1 Å². The summed E-state index contributed by atoms with van der Waals surface area (Å²) >= 11 is 5.74. The SMILES string of the molecule is CS(=O)(=O)N[C@H]1CCOC[C@@H]1COc1cc(F)c(-n2cc(Cl)cn2)cc1F. The molecule has 3 rings (SSSR count). The number of aromatic nitrogens is 2. The van der Waals surface area contributed by atoms with Crippen molar-refractivity contribution in [3.8, 4) is 11.4 Å². The molecule has 148 valence electrons. The monoisotopic (exact) mass is 421 g/mol. The van der Waals surface area contributed by atoms with E-state index in [-0.39, 0.29) is 35.6 Å². The second-order valence-corrected chi connectivity index (χ2v) is 8.48. The van der Waals surface area contributed by atoms with Crippen molar-refractivity contribution in [1.82, 2.24) is 14.5 Å². The van der Waals surface area contributed by atoms with Gasteiger partial charge in [-0.2, -0.15) is 5.10 Å². The topological polar surface area (TPSA) is 82.5 Å². The van der Waals surface area contributed by atoms with E-state index in [1.54, 1.807) is 0 Å². The van der Waals surface area contributed by atoms with Crippen LogP contribution in [-0.2, 0) is 14.8 Å². The molecule has 1 aromatic carbocycles. The molecule has 0 aliphatic carbocycles. The van der Waals surface area contributed by atoms with E-state index in [1.807, 2.05) is 0 Å². The minimum Gasteiger partial charge on any atom is -0.490 e. The summed E-state index contributed by atoms with van der Waals surface area (Å²) in [7, 11) is -3.40. The maximum absolute atomic E-state index is 14.3. The Morgan fingerprint density at radius 1 is 1.41 bits per heavy atom. The Bertz CT molecular complexity index is 922.